The van der Waals surface area contributed by atoms with E-state index in [1.807, 2.05) is 0 Å². The highest BCUT2D eigenvalue weighted by Crippen LogP contribution is 2.08. The first-order valence-electron chi connectivity index (χ1n) is 5.13. The molecule has 82 valence electrons. The molecular formula is C10H15N3O2. The number of carbonyl (C=O) groups excluding carboxylic acids is 1. The molecule has 1 saturated heterocycles. The maximum Gasteiger partial charge on any atom is 0.276 e. The van der Waals surface area contributed by atoms with Gasteiger partial charge in [0.05, 0.1) is 0 Å². The Kier molecular flexibility index (Phi) is 2.73. The second-order valence-electron chi connectivity index (χ2n) is 3.93. The average Bonchev–Trinajstić information content (AvgIpc) is 2.64. The lowest BCUT2D eigenvalue weighted by molar-refractivity contribution is 0.0698. The molecule has 0 aromatic carbocycles. The smallest absolute Gasteiger partial charge is 0.276 e. The quantitative estimate of drug-likeness (QED) is 0.728. The highest BCUT2D eigenvalue weighted by atomic mass is 16.5. The van der Waals surface area contributed by atoms with E-state index in [9.17, 15) is 4.79 Å². The number of nitrogens with one attached hydrogen (secondary N) is 1. The first kappa shape index (κ1) is 10.2. The zero-order valence-electron chi connectivity index (χ0n) is 8.99. The molecule has 1 aliphatic heterocycles. The zero-order valence-corrected chi connectivity index (χ0v) is 8.99. The summed E-state index contributed by atoms with van der Waals surface area (Å²) in [4.78, 5) is 13.7. The molecule has 1 aromatic rings. The third-order valence-corrected chi connectivity index (χ3v) is 2.50. The lowest BCUT2D eigenvalue weighted by Crippen LogP contribution is -2.51. The van der Waals surface area contributed by atoms with Gasteiger partial charge in [-0.3, -0.25) is 4.79 Å². The fourth-order valence-corrected chi connectivity index (χ4v) is 1.75. The first-order valence-corrected chi connectivity index (χ1v) is 5.13. The summed E-state index contributed by atoms with van der Waals surface area (Å²) in [5.41, 5.74) is 0.404. The molecule has 1 fully saturated rings. The van der Waals surface area contributed by atoms with Crippen molar-refractivity contribution >= 4 is 5.91 Å². The number of piperazine rings is 1. The first-order chi connectivity index (χ1) is 7.16. The Morgan fingerprint density at radius 1 is 1.73 bits per heavy atom. The molecule has 1 aliphatic rings. The van der Waals surface area contributed by atoms with Gasteiger partial charge in [-0.2, -0.15) is 0 Å². The molecule has 1 N–H and O–H groups in total. The van der Waals surface area contributed by atoms with Crippen LogP contribution in [0.4, 0.5) is 0 Å². The van der Waals surface area contributed by atoms with Gasteiger partial charge in [0.1, 0.15) is 5.76 Å². The predicted molar refractivity (Wildman–Crippen MR) is 54.6 cm³/mol. The molecule has 0 spiro atoms. The summed E-state index contributed by atoms with van der Waals surface area (Å²) in [5, 5.41) is 7.02. The van der Waals surface area contributed by atoms with Gasteiger partial charge in [-0.15, -0.1) is 0 Å². The zero-order chi connectivity index (χ0) is 10.8. The molecule has 0 aliphatic carbocycles. The molecule has 0 unspecified atom stereocenters. The van der Waals surface area contributed by atoms with Crippen LogP contribution in [0.5, 0.6) is 0 Å². The van der Waals surface area contributed by atoms with Gasteiger partial charge in [-0.05, 0) is 13.8 Å². The molecule has 15 heavy (non-hydrogen) atoms. The van der Waals surface area contributed by atoms with Crippen LogP contribution >= 0.6 is 0 Å². The second-order valence-corrected chi connectivity index (χ2v) is 3.93. The van der Waals surface area contributed by atoms with Gasteiger partial charge in [0, 0.05) is 31.7 Å². The van der Waals surface area contributed by atoms with Gasteiger partial charge < -0.3 is 14.7 Å². The van der Waals surface area contributed by atoms with E-state index in [1.54, 1.807) is 17.9 Å². The molecule has 1 amide bonds. The third-order valence-electron chi connectivity index (χ3n) is 2.50. The van der Waals surface area contributed by atoms with E-state index in [0.29, 0.717) is 17.5 Å². The summed E-state index contributed by atoms with van der Waals surface area (Å²) < 4.78 is 4.89. The van der Waals surface area contributed by atoms with Crippen LogP contribution < -0.4 is 5.32 Å². The summed E-state index contributed by atoms with van der Waals surface area (Å²) in [6, 6.07) is 2.02. The summed E-state index contributed by atoms with van der Waals surface area (Å²) in [6.07, 6.45) is 0. The van der Waals surface area contributed by atoms with Crippen LogP contribution in [0, 0.1) is 6.92 Å². The number of hydrogen-bond donors (Lipinski definition) is 1. The van der Waals surface area contributed by atoms with Crippen molar-refractivity contribution in [1.82, 2.24) is 15.4 Å². The van der Waals surface area contributed by atoms with Crippen molar-refractivity contribution in [2.45, 2.75) is 19.9 Å². The van der Waals surface area contributed by atoms with Crippen molar-refractivity contribution < 1.29 is 9.32 Å². The van der Waals surface area contributed by atoms with Crippen LogP contribution in [0.1, 0.15) is 23.2 Å². The van der Waals surface area contributed by atoms with E-state index < -0.39 is 0 Å². The van der Waals surface area contributed by atoms with E-state index in [2.05, 4.69) is 17.4 Å². The molecule has 0 radical (unpaired) electrons. The normalized spacial score (nSPS) is 21.7. The molecule has 5 heteroatoms. The second kappa shape index (κ2) is 4.02. The van der Waals surface area contributed by atoms with Crippen LogP contribution in [0.2, 0.25) is 0 Å². The Labute approximate surface area is 88.4 Å². The maximum atomic E-state index is 11.9. The Morgan fingerprint density at radius 2 is 2.53 bits per heavy atom. The topological polar surface area (TPSA) is 58.4 Å². The standard InChI is InChI=1S/C10H15N3O2/c1-7-6-13(4-3-11-7)10(14)9-5-8(2)15-12-9/h5,7,11H,3-4,6H2,1-2H3/t7-/m0/s1. The number of aromatic nitrogens is 1. The van der Waals surface area contributed by atoms with Crippen molar-refractivity contribution in [1.29, 1.82) is 0 Å². The van der Waals surface area contributed by atoms with Crippen molar-refractivity contribution in [2.24, 2.45) is 0 Å². The molecule has 0 saturated carbocycles. The summed E-state index contributed by atoms with van der Waals surface area (Å²) in [6.45, 7) is 6.14. The van der Waals surface area contributed by atoms with Crippen LogP contribution in [0.25, 0.3) is 0 Å². The minimum Gasteiger partial charge on any atom is -0.361 e. The Balaban J connectivity index is 2.07. The number of aryl methyl sites for hydroxylation is 1. The maximum absolute atomic E-state index is 11.9. The van der Waals surface area contributed by atoms with E-state index in [4.69, 9.17) is 4.52 Å². The molecule has 1 aromatic heterocycles. The van der Waals surface area contributed by atoms with E-state index in [-0.39, 0.29) is 5.91 Å². The molecule has 5 nitrogen and oxygen atoms in total. The monoisotopic (exact) mass is 209 g/mol. The molecule has 2 heterocycles. The van der Waals surface area contributed by atoms with Gasteiger partial charge >= 0.3 is 0 Å². The summed E-state index contributed by atoms with van der Waals surface area (Å²) >= 11 is 0. The SMILES string of the molecule is Cc1cc(C(=O)N2CCN[C@@H](C)C2)no1. The summed E-state index contributed by atoms with van der Waals surface area (Å²) in [5.74, 6) is 0.627. The van der Waals surface area contributed by atoms with Gasteiger partial charge in [0.25, 0.3) is 5.91 Å². The minimum atomic E-state index is -0.0415. The van der Waals surface area contributed by atoms with Crippen molar-refractivity contribution in [2.75, 3.05) is 19.6 Å². The fraction of sp³-hybridized carbons (Fsp3) is 0.600. The van der Waals surface area contributed by atoms with Gasteiger partial charge in [-0.25, -0.2) is 0 Å². The van der Waals surface area contributed by atoms with Crippen molar-refractivity contribution in [3.05, 3.63) is 17.5 Å². The lowest BCUT2D eigenvalue weighted by atomic mass is 10.2. The Hall–Kier alpha value is -1.36. The third kappa shape index (κ3) is 2.18. The lowest BCUT2D eigenvalue weighted by Gasteiger charge is -2.31. The molecule has 2 rings (SSSR count). The number of hydrogen-bond acceptors (Lipinski definition) is 4. The van der Waals surface area contributed by atoms with Crippen molar-refractivity contribution in [3.8, 4) is 0 Å². The van der Waals surface area contributed by atoms with Crippen LogP contribution in [0.3, 0.4) is 0 Å². The number of nitrogens with zero attached hydrogens (tertiary/aromatic N) is 2. The number of carbonyl (C=O) groups is 1. The fourth-order valence-electron chi connectivity index (χ4n) is 1.75. The molecule has 1 atom stereocenters. The van der Waals surface area contributed by atoms with E-state index in [1.165, 1.54) is 0 Å². The van der Waals surface area contributed by atoms with Gasteiger partial charge in [-0.1, -0.05) is 5.16 Å². The van der Waals surface area contributed by atoms with Crippen LogP contribution in [0.15, 0.2) is 10.6 Å². The molecular weight excluding hydrogens is 194 g/mol. The van der Waals surface area contributed by atoms with Gasteiger partial charge in [0.15, 0.2) is 5.69 Å². The average molecular weight is 209 g/mol. The van der Waals surface area contributed by atoms with Crippen LogP contribution in [-0.4, -0.2) is 41.6 Å². The van der Waals surface area contributed by atoms with E-state index >= 15 is 0 Å². The molecule has 0 bridgehead atoms. The highest BCUT2D eigenvalue weighted by Gasteiger charge is 2.23. The largest absolute Gasteiger partial charge is 0.361 e. The minimum absolute atomic E-state index is 0.0415. The number of amides is 1. The number of rotatable bonds is 1. The van der Waals surface area contributed by atoms with Gasteiger partial charge in [0.2, 0.25) is 0 Å². The van der Waals surface area contributed by atoms with E-state index in [0.717, 1.165) is 19.6 Å². The predicted octanol–water partition coefficient (Wildman–Crippen LogP) is 0.417. The Bertz CT molecular complexity index is 361. The Morgan fingerprint density at radius 3 is 3.13 bits per heavy atom. The summed E-state index contributed by atoms with van der Waals surface area (Å²) in [7, 11) is 0. The van der Waals surface area contributed by atoms with Crippen LogP contribution in [-0.2, 0) is 0 Å². The van der Waals surface area contributed by atoms with Crippen molar-refractivity contribution in [3.63, 3.8) is 0 Å². The highest BCUT2D eigenvalue weighted by molar-refractivity contribution is 5.92.